The van der Waals surface area contributed by atoms with E-state index in [1.54, 1.807) is 35.4 Å². The number of carbonyl (C=O) groups is 2. The lowest BCUT2D eigenvalue weighted by molar-refractivity contribution is -0.122. The minimum absolute atomic E-state index is 0.0445. The van der Waals surface area contributed by atoms with Gasteiger partial charge in [-0.1, -0.05) is 18.5 Å². The quantitative estimate of drug-likeness (QED) is 0.844. The summed E-state index contributed by atoms with van der Waals surface area (Å²) in [6.45, 7) is 2.39. The van der Waals surface area contributed by atoms with Crippen LogP contribution in [-0.2, 0) is 9.59 Å². The van der Waals surface area contributed by atoms with Gasteiger partial charge in [0.05, 0.1) is 17.0 Å². The molecule has 2 N–H and O–H groups in total. The van der Waals surface area contributed by atoms with Gasteiger partial charge in [0.25, 0.3) is 0 Å². The van der Waals surface area contributed by atoms with Gasteiger partial charge in [0.15, 0.2) is 0 Å². The maximum absolute atomic E-state index is 11.9. The van der Waals surface area contributed by atoms with Crippen molar-refractivity contribution >= 4 is 29.1 Å². The highest BCUT2D eigenvalue weighted by Gasteiger charge is 2.38. The molecule has 1 aromatic heterocycles. The maximum atomic E-state index is 11.9. The molecule has 1 saturated carbocycles. The molecule has 7 heteroatoms. The van der Waals surface area contributed by atoms with Crippen molar-refractivity contribution in [2.75, 3.05) is 11.9 Å². The van der Waals surface area contributed by atoms with Crippen LogP contribution in [0.2, 0.25) is 5.02 Å². The van der Waals surface area contributed by atoms with Crippen LogP contribution >= 0.6 is 11.6 Å². The number of rotatable bonds is 6. The Hall–Kier alpha value is -2.34. The second-order valence-electron chi connectivity index (χ2n) is 6.04. The van der Waals surface area contributed by atoms with Crippen molar-refractivity contribution in [3.05, 3.63) is 41.9 Å². The van der Waals surface area contributed by atoms with E-state index in [-0.39, 0.29) is 24.2 Å². The van der Waals surface area contributed by atoms with E-state index in [1.165, 1.54) is 0 Å². The number of imidazole rings is 1. The molecule has 0 bridgehead atoms. The first kappa shape index (κ1) is 16.5. The largest absolute Gasteiger partial charge is 0.355 e. The van der Waals surface area contributed by atoms with Crippen LogP contribution in [0.4, 0.5) is 5.69 Å². The summed E-state index contributed by atoms with van der Waals surface area (Å²) in [7, 11) is 0. The molecule has 6 nitrogen and oxygen atoms in total. The molecule has 1 aliphatic rings. The number of amides is 2. The van der Waals surface area contributed by atoms with Crippen LogP contribution in [0.5, 0.6) is 0 Å². The van der Waals surface area contributed by atoms with Crippen LogP contribution in [0.1, 0.15) is 19.8 Å². The molecule has 2 atom stereocenters. The standard InChI is InChI=1S/C17H19ClN4O2/c1-11-8-13(11)17(24)20-5-4-16(23)21-12-2-3-15(14(18)9-12)22-7-6-19-10-22/h2-3,6-7,9-11,13H,4-5,8H2,1H3,(H,20,24)(H,21,23)/t11-,13+/m0/s1. The number of anilines is 1. The summed E-state index contributed by atoms with van der Waals surface area (Å²) in [5, 5.41) is 6.09. The highest BCUT2D eigenvalue weighted by molar-refractivity contribution is 6.32. The lowest BCUT2D eigenvalue weighted by Crippen LogP contribution is -2.29. The van der Waals surface area contributed by atoms with Crippen LogP contribution in [0.3, 0.4) is 0 Å². The number of aromatic nitrogens is 2. The molecule has 1 heterocycles. The van der Waals surface area contributed by atoms with Crippen LogP contribution < -0.4 is 10.6 Å². The highest BCUT2D eigenvalue weighted by atomic mass is 35.5. The van der Waals surface area contributed by atoms with Gasteiger partial charge >= 0.3 is 0 Å². The summed E-state index contributed by atoms with van der Waals surface area (Å²) in [5.41, 5.74) is 1.41. The Balaban J connectivity index is 1.49. The summed E-state index contributed by atoms with van der Waals surface area (Å²) < 4.78 is 1.79. The van der Waals surface area contributed by atoms with Crippen molar-refractivity contribution in [3.8, 4) is 5.69 Å². The van der Waals surface area contributed by atoms with E-state index < -0.39 is 0 Å². The van der Waals surface area contributed by atoms with Crippen molar-refractivity contribution in [2.45, 2.75) is 19.8 Å². The average molecular weight is 347 g/mol. The Bertz CT molecular complexity index is 745. The van der Waals surface area contributed by atoms with E-state index in [9.17, 15) is 9.59 Å². The SMILES string of the molecule is C[C@H]1C[C@H]1C(=O)NCCC(=O)Nc1ccc(-n2ccnc2)c(Cl)c1. The van der Waals surface area contributed by atoms with E-state index >= 15 is 0 Å². The first-order valence-corrected chi connectivity index (χ1v) is 8.28. The molecule has 0 aliphatic heterocycles. The van der Waals surface area contributed by atoms with E-state index in [0.717, 1.165) is 12.1 Å². The number of benzene rings is 1. The predicted molar refractivity (Wildman–Crippen MR) is 92.1 cm³/mol. The van der Waals surface area contributed by atoms with E-state index in [2.05, 4.69) is 15.6 Å². The molecule has 0 saturated heterocycles. The van der Waals surface area contributed by atoms with Gasteiger partial charge in [-0.25, -0.2) is 4.98 Å². The Kier molecular flexibility index (Phi) is 4.85. The molecular weight excluding hydrogens is 328 g/mol. The van der Waals surface area contributed by atoms with E-state index in [1.807, 2.05) is 13.0 Å². The van der Waals surface area contributed by atoms with Crippen molar-refractivity contribution in [3.63, 3.8) is 0 Å². The van der Waals surface area contributed by atoms with Gasteiger partial charge in [0.1, 0.15) is 0 Å². The van der Waals surface area contributed by atoms with Gasteiger partial charge in [-0.2, -0.15) is 0 Å². The van der Waals surface area contributed by atoms with Gasteiger partial charge in [-0.3, -0.25) is 9.59 Å². The van der Waals surface area contributed by atoms with Gasteiger partial charge < -0.3 is 15.2 Å². The third-order valence-corrected chi connectivity index (χ3v) is 4.41. The fourth-order valence-corrected chi connectivity index (χ4v) is 2.82. The minimum Gasteiger partial charge on any atom is -0.355 e. The summed E-state index contributed by atoms with van der Waals surface area (Å²) in [4.78, 5) is 27.6. The molecule has 0 radical (unpaired) electrons. The monoisotopic (exact) mass is 346 g/mol. The molecule has 2 aromatic rings. The third kappa shape index (κ3) is 3.94. The van der Waals surface area contributed by atoms with Gasteiger partial charge in [-0.15, -0.1) is 0 Å². The molecule has 1 aromatic carbocycles. The minimum atomic E-state index is -0.161. The Labute approximate surface area is 145 Å². The molecule has 3 rings (SSSR count). The van der Waals surface area contributed by atoms with E-state index in [4.69, 9.17) is 11.6 Å². The third-order valence-electron chi connectivity index (χ3n) is 4.11. The Morgan fingerprint density at radius 1 is 1.42 bits per heavy atom. The molecule has 126 valence electrons. The fraction of sp³-hybridized carbons (Fsp3) is 0.353. The molecule has 1 fully saturated rings. The zero-order valence-electron chi connectivity index (χ0n) is 13.3. The Morgan fingerprint density at radius 2 is 2.21 bits per heavy atom. The maximum Gasteiger partial charge on any atom is 0.226 e. The summed E-state index contributed by atoms with van der Waals surface area (Å²) in [6.07, 6.45) is 6.29. The molecule has 2 amide bonds. The number of halogens is 1. The smallest absolute Gasteiger partial charge is 0.226 e. The van der Waals surface area contributed by atoms with Crippen LogP contribution in [-0.4, -0.2) is 27.9 Å². The van der Waals surface area contributed by atoms with Crippen molar-refractivity contribution in [2.24, 2.45) is 11.8 Å². The topological polar surface area (TPSA) is 76.0 Å². The predicted octanol–water partition coefficient (Wildman–Crippen LogP) is 2.63. The second-order valence-corrected chi connectivity index (χ2v) is 6.45. The van der Waals surface area contributed by atoms with Gasteiger partial charge in [0, 0.05) is 37.0 Å². The van der Waals surface area contributed by atoms with Crippen LogP contribution in [0.25, 0.3) is 5.69 Å². The zero-order valence-corrected chi connectivity index (χ0v) is 14.1. The second kappa shape index (κ2) is 7.05. The normalized spacial score (nSPS) is 18.9. The van der Waals surface area contributed by atoms with Gasteiger partial charge in [-0.05, 0) is 30.5 Å². The summed E-state index contributed by atoms with van der Waals surface area (Å²) >= 11 is 6.25. The number of carbonyl (C=O) groups excluding carboxylic acids is 2. The average Bonchev–Trinajstić information content (AvgIpc) is 3.05. The van der Waals surface area contributed by atoms with Crippen LogP contribution in [0, 0.1) is 11.8 Å². The highest BCUT2D eigenvalue weighted by Crippen LogP contribution is 2.37. The van der Waals surface area contributed by atoms with Crippen LogP contribution in [0.15, 0.2) is 36.9 Å². The van der Waals surface area contributed by atoms with Crippen molar-refractivity contribution < 1.29 is 9.59 Å². The zero-order chi connectivity index (χ0) is 17.1. The lowest BCUT2D eigenvalue weighted by atomic mass is 10.2. The molecule has 0 spiro atoms. The number of nitrogens with zero attached hydrogens (tertiary/aromatic N) is 2. The van der Waals surface area contributed by atoms with Crippen molar-refractivity contribution in [1.29, 1.82) is 0 Å². The van der Waals surface area contributed by atoms with Crippen molar-refractivity contribution in [1.82, 2.24) is 14.9 Å². The number of nitrogens with one attached hydrogen (secondary N) is 2. The van der Waals surface area contributed by atoms with Gasteiger partial charge in [0.2, 0.25) is 11.8 Å². The summed E-state index contributed by atoms with van der Waals surface area (Å²) in [6, 6.07) is 5.29. The fourth-order valence-electron chi connectivity index (χ4n) is 2.54. The molecule has 1 aliphatic carbocycles. The molecule has 0 unspecified atom stereocenters. The number of hydrogen-bond acceptors (Lipinski definition) is 3. The summed E-state index contributed by atoms with van der Waals surface area (Å²) in [5.74, 6) is 0.478. The first-order chi connectivity index (χ1) is 11.5. The molecule has 24 heavy (non-hydrogen) atoms. The van der Waals surface area contributed by atoms with E-state index in [0.29, 0.717) is 23.2 Å². The molecular formula is C17H19ClN4O2. The number of hydrogen-bond donors (Lipinski definition) is 2. The Morgan fingerprint density at radius 3 is 2.83 bits per heavy atom. The lowest BCUT2D eigenvalue weighted by Gasteiger charge is -2.10. The first-order valence-electron chi connectivity index (χ1n) is 7.90.